The quantitative estimate of drug-likeness (QED) is 0.929. The maximum atomic E-state index is 12.4. The van der Waals surface area contributed by atoms with Gasteiger partial charge in [0.15, 0.2) is 0 Å². The second-order valence-corrected chi connectivity index (χ2v) is 4.95. The molecule has 0 unspecified atom stereocenters. The summed E-state index contributed by atoms with van der Waals surface area (Å²) in [4.78, 5) is 25.1. The Bertz CT molecular complexity index is 663. The van der Waals surface area contributed by atoms with Crippen LogP contribution in [0.1, 0.15) is 22.8 Å². The van der Waals surface area contributed by atoms with Crippen molar-refractivity contribution < 1.29 is 9.59 Å². The molecule has 1 N–H and O–H groups in total. The van der Waals surface area contributed by atoms with E-state index in [0.717, 1.165) is 5.56 Å². The van der Waals surface area contributed by atoms with E-state index in [0.29, 0.717) is 17.8 Å². The molecule has 0 atom stereocenters. The van der Waals surface area contributed by atoms with E-state index in [4.69, 9.17) is 0 Å². The highest BCUT2D eigenvalue weighted by molar-refractivity contribution is 5.96. The molecule has 0 aliphatic rings. The van der Waals surface area contributed by atoms with Crippen LogP contribution in [0.25, 0.3) is 0 Å². The SMILES string of the molecule is CC(=O)Nc1cccc(C(=O)N(C)Cc2cnn(C)c2)c1. The summed E-state index contributed by atoms with van der Waals surface area (Å²) in [6.07, 6.45) is 3.61. The zero-order chi connectivity index (χ0) is 15.4. The van der Waals surface area contributed by atoms with Gasteiger partial charge in [0.25, 0.3) is 5.91 Å². The van der Waals surface area contributed by atoms with E-state index in [1.165, 1.54) is 6.92 Å². The molecular weight excluding hydrogens is 268 g/mol. The summed E-state index contributed by atoms with van der Waals surface area (Å²) in [5.74, 6) is -0.269. The summed E-state index contributed by atoms with van der Waals surface area (Å²) >= 11 is 0. The minimum absolute atomic E-state index is 0.106. The first-order valence-corrected chi connectivity index (χ1v) is 6.56. The second kappa shape index (κ2) is 6.21. The van der Waals surface area contributed by atoms with E-state index in [2.05, 4.69) is 10.4 Å². The molecule has 0 bridgehead atoms. The normalized spacial score (nSPS) is 10.2. The molecule has 0 saturated heterocycles. The lowest BCUT2D eigenvalue weighted by molar-refractivity contribution is -0.114. The largest absolute Gasteiger partial charge is 0.337 e. The van der Waals surface area contributed by atoms with Crippen molar-refractivity contribution in [3.63, 3.8) is 0 Å². The van der Waals surface area contributed by atoms with Gasteiger partial charge in [-0.15, -0.1) is 0 Å². The summed E-state index contributed by atoms with van der Waals surface area (Å²) in [5, 5.41) is 6.75. The molecule has 0 aliphatic heterocycles. The lowest BCUT2D eigenvalue weighted by Crippen LogP contribution is -2.26. The van der Waals surface area contributed by atoms with E-state index in [9.17, 15) is 9.59 Å². The predicted octanol–water partition coefficient (Wildman–Crippen LogP) is 1.65. The average Bonchev–Trinajstić information content (AvgIpc) is 2.82. The lowest BCUT2D eigenvalue weighted by Gasteiger charge is -2.16. The third-order valence-corrected chi connectivity index (χ3v) is 2.95. The fourth-order valence-electron chi connectivity index (χ4n) is 2.05. The zero-order valence-corrected chi connectivity index (χ0v) is 12.3. The molecule has 6 heteroatoms. The maximum Gasteiger partial charge on any atom is 0.253 e. The highest BCUT2D eigenvalue weighted by Gasteiger charge is 2.13. The molecule has 2 amide bonds. The number of benzene rings is 1. The molecule has 21 heavy (non-hydrogen) atoms. The van der Waals surface area contributed by atoms with Crippen molar-refractivity contribution in [2.75, 3.05) is 12.4 Å². The summed E-state index contributed by atoms with van der Waals surface area (Å²) < 4.78 is 1.70. The molecule has 0 fully saturated rings. The van der Waals surface area contributed by atoms with Gasteiger partial charge in [-0.3, -0.25) is 14.3 Å². The van der Waals surface area contributed by atoms with Gasteiger partial charge in [-0.05, 0) is 18.2 Å². The molecule has 1 heterocycles. The monoisotopic (exact) mass is 286 g/mol. The van der Waals surface area contributed by atoms with Crippen molar-refractivity contribution in [1.82, 2.24) is 14.7 Å². The Hall–Kier alpha value is -2.63. The van der Waals surface area contributed by atoms with Gasteiger partial charge in [0, 0.05) is 50.6 Å². The molecule has 1 aromatic carbocycles. The molecule has 0 radical (unpaired) electrons. The van der Waals surface area contributed by atoms with Gasteiger partial charge in [0.05, 0.1) is 6.20 Å². The molecular formula is C15H18N4O2. The number of aryl methyl sites for hydroxylation is 1. The fourth-order valence-corrected chi connectivity index (χ4v) is 2.05. The molecule has 0 spiro atoms. The van der Waals surface area contributed by atoms with Gasteiger partial charge >= 0.3 is 0 Å². The highest BCUT2D eigenvalue weighted by atomic mass is 16.2. The van der Waals surface area contributed by atoms with Crippen molar-refractivity contribution in [2.45, 2.75) is 13.5 Å². The van der Waals surface area contributed by atoms with Crippen LogP contribution in [0.3, 0.4) is 0 Å². The first-order valence-electron chi connectivity index (χ1n) is 6.56. The number of hydrogen-bond donors (Lipinski definition) is 1. The Morgan fingerprint density at radius 2 is 2.14 bits per heavy atom. The standard InChI is InChI=1S/C15H18N4O2/c1-11(20)17-14-6-4-5-13(7-14)15(21)18(2)9-12-8-16-19(3)10-12/h4-8,10H,9H2,1-3H3,(H,17,20). The Kier molecular flexibility index (Phi) is 4.37. The summed E-state index contributed by atoms with van der Waals surface area (Å²) in [5.41, 5.74) is 2.11. The second-order valence-electron chi connectivity index (χ2n) is 4.95. The molecule has 0 aliphatic carbocycles. The third kappa shape index (κ3) is 3.92. The van der Waals surface area contributed by atoms with Crippen LogP contribution in [0.4, 0.5) is 5.69 Å². The van der Waals surface area contributed by atoms with Gasteiger partial charge in [-0.1, -0.05) is 6.07 Å². The van der Waals surface area contributed by atoms with Crippen LogP contribution in [0.15, 0.2) is 36.7 Å². The Labute approximate surface area is 123 Å². The lowest BCUT2D eigenvalue weighted by atomic mass is 10.1. The van der Waals surface area contributed by atoms with Crippen molar-refractivity contribution in [1.29, 1.82) is 0 Å². The first-order chi connectivity index (χ1) is 9.95. The van der Waals surface area contributed by atoms with Crippen LogP contribution < -0.4 is 5.32 Å². The van der Waals surface area contributed by atoms with E-state index in [1.807, 2.05) is 13.2 Å². The Morgan fingerprint density at radius 3 is 2.76 bits per heavy atom. The summed E-state index contributed by atoms with van der Waals surface area (Å²) in [6, 6.07) is 6.90. The Balaban J connectivity index is 2.09. The number of hydrogen-bond acceptors (Lipinski definition) is 3. The smallest absolute Gasteiger partial charge is 0.253 e. The fraction of sp³-hybridized carbons (Fsp3) is 0.267. The number of carbonyl (C=O) groups is 2. The number of nitrogens with one attached hydrogen (secondary N) is 1. The maximum absolute atomic E-state index is 12.4. The van der Waals surface area contributed by atoms with E-state index in [1.54, 1.807) is 47.1 Å². The third-order valence-electron chi connectivity index (χ3n) is 2.95. The van der Waals surface area contributed by atoms with Crippen LogP contribution in [0.5, 0.6) is 0 Å². The van der Waals surface area contributed by atoms with E-state index < -0.39 is 0 Å². The molecule has 110 valence electrons. The number of nitrogens with zero attached hydrogens (tertiary/aromatic N) is 3. The number of amides is 2. The highest BCUT2D eigenvalue weighted by Crippen LogP contribution is 2.13. The molecule has 0 saturated carbocycles. The van der Waals surface area contributed by atoms with Gasteiger partial charge in [0.2, 0.25) is 5.91 Å². The molecule has 2 aromatic rings. The molecule has 6 nitrogen and oxygen atoms in total. The Morgan fingerprint density at radius 1 is 1.38 bits per heavy atom. The van der Waals surface area contributed by atoms with Crippen molar-refractivity contribution >= 4 is 17.5 Å². The zero-order valence-electron chi connectivity index (χ0n) is 12.3. The predicted molar refractivity (Wildman–Crippen MR) is 79.8 cm³/mol. The van der Waals surface area contributed by atoms with Crippen LogP contribution >= 0.6 is 0 Å². The molecule has 2 rings (SSSR count). The summed E-state index contributed by atoms with van der Waals surface area (Å²) in [7, 11) is 3.57. The summed E-state index contributed by atoms with van der Waals surface area (Å²) in [6.45, 7) is 1.92. The van der Waals surface area contributed by atoms with Crippen LogP contribution in [0, 0.1) is 0 Å². The minimum Gasteiger partial charge on any atom is -0.337 e. The number of carbonyl (C=O) groups excluding carboxylic acids is 2. The van der Waals surface area contributed by atoms with Gasteiger partial charge in [-0.2, -0.15) is 5.10 Å². The number of anilines is 1. The van der Waals surface area contributed by atoms with Crippen molar-refractivity contribution in [2.24, 2.45) is 7.05 Å². The van der Waals surface area contributed by atoms with Gasteiger partial charge in [-0.25, -0.2) is 0 Å². The minimum atomic E-state index is -0.164. The van der Waals surface area contributed by atoms with E-state index in [-0.39, 0.29) is 11.8 Å². The first kappa shape index (κ1) is 14.8. The average molecular weight is 286 g/mol. The number of aromatic nitrogens is 2. The van der Waals surface area contributed by atoms with Crippen LogP contribution in [-0.4, -0.2) is 33.5 Å². The van der Waals surface area contributed by atoms with Crippen molar-refractivity contribution in [3.05, 3.63) is 47.8 Å². The van der Waals surface area contributed by atoms with Crippen LogP contribution in [-0.2, 0) is 18.4 Å². The topological polar surface area (TPSA) is 67.2 Å². The van der Waals surface area contributed by atoms with E-state index >= 15 is 0 Å². The van der Waals surface area contributed by atoms with Gasteiger partial charge in [0.1, 0.15) is 0 Å². The molecule has 1 aromatic heterocycles. The number of rotatable bonds is 4. The van der Waals surface area contributed by atoms with Crippen molar-refractivity contribution in [3.8, 4) is 0 Å². The van der Waals surface area contributed by atoms with Gasteiger partial charge < -0.3 is 10.2 Å². The van der Waals surface area contributed by atoms with Crippen LogP contribution in [0.2, 0.25) is 0 Å².